The third-order valence-corrected chi connectivity index (χ3v) is 4.19. The van der Waals surface area contributed by atoms with Gasteiger partial charge in [0.1, 0.15) is 5.75 Å². The van der Waals surface area contributed by atoms with E-state index in [2.05, 4.69) is 40.3 Å². The van der Waals surface area contributed by atoms with Gasteiger partial charge in [0.2, 0.25) is 0 Å². The molecule has 0 saturated carbocycles. The molecule has 112 valence electrons. The van der Waals surface area contributed by atoms with Gasteiger partial charge in [0.05, 0.1) is 12.6 Å². The fraction of sp³-hybridized carbons (Fsp3) is 0.294. The lowest BCUT2D eigenvalue weighted by molar-refractivity contribution is 0.340. The van der Waals surface area contributed by atoms with Crippen LogP contribution in [-0.4, -0.2) is 13.7 Å². The second-order valence-corrected chi connectivity index (χ2v) is 6.19. The first-order valence-corrected chi connectivity index (χ1v) is 8.08. The molecule has 0 saturated heterocycles. The molecule has 0 aliphatic rings. The fourth-order valence-corrected chi connectivity index (χ4v) is 3.32. The highest BCUT2D eigenvalue weighted by molar-refractivity contribution is 9.10. The van der Waals surface area contributed by atoms with Crippen LogP contribution in [0.3, 0.4) is 0 Å². The fourth-order valence-electron chi connectivity index (χ4n) is 2.43. The molecule has 2 aromatic carbocycles. The molecule has 0 aliphatic heterocycles. The predicted octanol–water partition coefficient (Wildman–Crippen LogP) is 5.12. The molecule has 2 rings (SSSR count). The van der Waals surface area contributed by atoms with Crippen molar-refractivity contribution >= 4 is 27.5 Å². The van der Waals surface area contributed by atoms with Gasteiger partial charge in [-0.1, -0.05) is 39.7 Å². The lowest BCUT2D eigenvalue weighted by Crippen LogP contribution is -2.18. The zero-order valence-electron chi connectivity index (χ0n) is 12.4. The lowest BCUT2D eigenvalue weighted by Gasteiger charge is -2.20. The molecule has 21 heavy (non-hydrogen) atoms. The molecule has 0 aromatic heterocycles. The summed E-state index contributed by atoms with van der Waals surface area (Å²) in [5.41, 5.74) is 3.45. The molecule has 0 radical (unpaired) electrons. The average molecular weight is 369 g/mol. The summed E-state index contributed by atoms with van der Waals surface area (Å²) < 4.78 is 6.55. The number of rotatable bonds is 5. The van der Waals surface area contributed by atoms with Gasteiger partial charge in [-0.2, -0.15) is 0 Å². The molecule has 0 spiro atoms. The maximum atomic E-state index is 6.19. The number of aryl methyl sites for hydroxylation is 1. The van der Waals surface area contributed by atoms with Crippen LogP contribution in [0.25, 0.3) is 0 Å². The SMILES string of the molecule is CCOc1ccc(C(NC)c2cc(C)cc(Cl)c2)c(Br)c1. The highest BCUT2D eigenvalue weighted by Gasteiger charge is 2.16. The van der Waals surface area contributed by atoms with E-state index in [0.29, 0.717) is 6.61 Å². The van der Waals surface area contributed by atoms with Crippen molar-refractivity contribution in [2.45, 2.75) is 19.9 Å². The average Bonchev–Trinajstić information content (AvgIpc) is 2.41. The maximum Gasteiger partial charge on any atom is 0.120 e. The standard InChI is InChI=1S/C17H19BrClNO/c1-4-21-14-5-6-15(16(18)10-14)17(20-3)12-7-11(2)8-13(19)9-12/h5-10,17,20H,4H2,1-3H3. The Morgan fingerprint density at radius 1 is 1.24 bits per heavy atom. The Kier molecular flexibility index (Phi) is 5.68. The number of hydrogen-bond acceptors (Lipinski definition) is 2. The number of hydrogen-bond donors (Lipinski definition) is 1. The monoisotopic (exact) mass is 367 g/mol. The van der Waals surface area contributed by atoms with Crippen molar-refractivity contribution < 1.29 is 4.74 Å². The minimum Gasteiger partial charge on any atom is -0.494 e. The molecule has 0 heterocycles. The third kappa shape index (κ3) is 4.00. The van der Waals surface area contributed by atoms with Crippen molar-refractivity contribution in [1.29, 1.82) is 0 Å². The molecular formula is C17H19BrClNO. The third-order valence-electron chi connectivity index (χ3n) is 3.28. The highest BCUT2D eigenvalue weighted by Crippen LogP contribution is 2.32. The molecule has 1 atom stereocenters. The van der Waals surface area contributed by atoms with E-state index >= 15 is 0 Å². The van der Waals surface area contributed by atoms with Crippen LogP contribution in [0.15, 0.2) is 40.9 Å². The minimum absolute atomic E-state index is 0.0763. The molecule has 0 aliphatic carbocycles. The Hall–Kier alpha value is -1.03. The van der Waals surface area contributed by atoms with E-state index in [9.17, 15) is 0 Å². The van der Waals surface area contributed by atoms with E-state index in [-0.39, 0.29) is 6.04 Å². The van der Waals surface area contributed by atoms with E-state index in [1.807, 2.05) is 38.2 Å². The predicted molar refractivity (Wildman–Crippen MR) is 92.4 cm³/mol. The maximum absolute atomic E-state index is 6.19. The summed E-state index contributed by atoms with van der Waals surface area (Å²) in [5, 5.41) is 4.11. The van der Waals surface area contributed by atoms with Crippen molar-refractivity contribution in [2.75, 3.05) is 13.7 Å². The Labute approximate surface area is 139 Å². The lowest BCUT2D eigenvalue weighted by atomic mass is 9.97. The number of ether oxygens (including phenoxy) is 1. The second kappa shape index (κ2) is 7.30. The summed E-state index contributed by atoms with van der Waals surface area (Å²) >= 11 is 9.83. The van der Waals surface area contributed by atoms with E-state index in [4.69, 9.17) is 16.3 Å². The molecule has 0 fully saturated rings. The van der Waals surface area contributed by atoms with Crippen molar-refractivity contribution in [3.05, 3.63) is 62.6 Å². The topological polar surface area (TPSA) is 21.3 Å². The van der Waals surface area contributed by atoms with Gasteiger partial charge < -0.3 is 10.1 Å². The molecule has 1 N–H and O–H groups in total. The van der Waals surface area contributed by atoms with E-state index in [1.165, 1.54) is 0 Å². The van der Waals surface area contributed by atoms with Crippen molar-refractivity contribution in [3.63, 3.8) is 0 Å². The summed E-state index contributed by atoms with van der Waals surface area (Å²) in [6.45, 7) is 4.69. The van der Waals surface area contributed by atoms with Crippen LogP contribution in [0.2, 0.25) is 5.02 Å². The van der Waals surface area contributed by atoms with Crippen LogP contribution in [0.5, 0.6) is 5.75 Å². The summed E-state index contributed by atoms with van der Waals surface area (Å²) in [5.74, 6) is 0.866. The molecule has 2 aromatic rings. The van der Waals surface area contributed by atoms with Gasteiger partial charge in [0.25, 0.3) is 0 Å². The summed E-state index contributed by atoms with van der Waals surface area (Å²) in [6.07, 6.45) is 0. The summed E-state index contributed by atoms with van der Waals surface area (Å²) in [6, 6.07) is 12.3. The first-order chi connectivity index (χ1) is 10.0. The normalized spacial score (nSPS) is 12.2. The molecular weight excluding hydrogens is 350 g/mol. The van der Waals surface area contributed by atoms with E-state index in [1.54, 1.807) is 0 Å². The Morgan fingerprint density at radius 2 is 2.00 bits per heavy atom. The molecule has 4 heteroatoms. The van der Waals surface area contributed by atoms with Gasteiger partial charge in [0.15, 0.2) is 0 Å². The second-order valence-electron chi connectivity index (χ2n) is 4.90. The quantitative estimate of drug-likeness (QED) is 0.791. The van der Waals surface area contributed by atoms with E-state index in [0.717, 1.165) is 31.9 Å². The van der Waals surface area contributed by atoms with Gasteiger partial charge >= 0.3 is 0 Å². The smallest absolute Gasteiger partial charge is 0.120 e. The van der Waals surface area contributed by atoms with Crippen LogP contribution in [0.4, 0.5) is 0 Å². The number of halogens is 2. The Balaban J connectivity index is 2.41. The molecule has 1 unspecified atom stereocenters. The number of nitrogens with one attached hydrogen (secondary N) is 1. The van der Waals surface area contributed by atoms with Gasteiger partial charge in [-0.05, 0) is 61.9 Å². The van der Waals surface area contributed by atoms with Crippen molar-refractivity contribution in [1.82, 2.24) is 5.32 Å². The number of benzene rings is 2. The van der Waals surface area contributed by atoms with Crippen LogP contribution < -0.4 is 10.1 Å². The van der Waals surface area contributed by atoms with Gasteiger partial charge in [0, 0.05) is 9.50 Å². The van der Waals surface area contributed by atoms with Gasteiger partial charge in [-0.25, -0.2) is 0 Å². The van der Waals surface area contributed by atoms with Crippen LogP contribution in [0.1, 0.15) is 29.7 Å². The summed E-state index contributed by atoms with van der Waals surface area (Å²) in [7, 11) is 1.95. The van der Waals surface area contributed by atoms with E-state index < -0.39 is 0 Å². The van der Waals surface area contributed by atoms with Gasteiger partial charge in [-0.3, -0.25) is 0 Å². The molecule has 2 nitrogen and oxygen atoms in total. The summed E-state index contributed by atoms with van der Waals surface area (Å²) in [4.78, 5) is 0. The van der Waals surface area contributed by atoms with Crippen molar-refractivity contribution in [3.8, 4) is 5.75 Å². The Morgan fingerprint density at radius 3 is 2.57 bits per heavy atom. The van der Waals surface area contributed by atoms with Gasteiger partial charge in [-0.15, -0.1) is 0 Å². The van der Waals surface area contributed by atoms with Crippen LogP contribution in [-0.2, 0) is 0 Å². The molecule has 0 bridgehead atoms. The van der Waals surface area contributed by atoms with Crippen LogP contribution >= 0.6 is 27.5 Å². The first-order valence-electron chi connectivity index (χ1n) is 6.91. The van der Waals surface area contributed by atoms with Crippen LogP contribution in [0, 0.1) is 6.92 Å². The zero-order valence-corrected chi connectivity index (χ0v) is 14.8. The largest absolute Gasteiger partial charge is 0.494 e. The minimum atomic E-state index is 0.0763. The highest BCUT2D eigenvalue weighted by atomic mass is 79.9. The first kappa shape index (κ1) is 16.3. The Bertz CT molecular complexity index is 610. The molecule has 0 amide bonds. The van der Waals surface area contributed by atoms with Crippen molar-refractivity contribution in [2.24, 2.45) is 0 Å². The zero-order chi connectivity index (χ0) is 15.4.